The number of fused-ring (bicyclic) bond motifs is 1. The van der Waals surface area contributed by atoms with E-state index in [1.165, 1.54) is 17.0 Å². The average Bonchev–Trinajstić information content (AvgIpc) is 2.77. The van der Waals surface area contributed by atoms with Crippen LogP contribution in [0.5, 0.6) is 0 Å². The van der Waals surface area contributed by atoms with Gasteiger partial charge >= 0.3 is 5.91 Å². The van der Waals surface area contributed by atoms with Gasteiger partial charge in [-0.15, -0.1) is 0 Å². The third kappa shape index (κ3) is 2.29. The highest BCUT2D eigenvalue weighted by molar-refractivity contribution is 6.52. The number of hydrogen-bond acceptors (Lipinski definition) is 3. The van der Waals surface area contributed by atoms with Crippen LogP contribution in [0.1, 0.15) is 26.3 Å². The molecule has 2 aromatic carbocycles. The quantitative estimate of drug-likeness (QED) is 0.878. The Morgan fingerprint density at radius 3 is 2.45 bits per heavy atom. The Hall–Kier alpha value is -3.21. The second kappa shape index (κ2) is 5.29. The molecule has 1 aliphatic rings. The fourth-order valence-corrected chi connectivity index (χ4v) is 2.29. The number of carbonyl (C=O) groups excluding carboxylic acids is 3. The molecule has 0 aliphatic carbocycles. The molecule has 1 aliphatic heterocycles. The highest BCUT2D eigenvalue weighted by Gasteiger charge is 2.35. The summed E-state index contributed by atoms with van der Waals surface area (Å²) in [4.78, 5) is 36.5. The number of ketones is 1. The van der Waals surface area contributed by atoms with Gasteiger partial charge in [0.25, 0.3) is 5.78 Å². The first-order chi connectivity index (χ1) is 10.6. The number of anilines is 1. The lowest BCUT2D eigenvalue weighted by Crippen LogP contribution is -2.23. The summed E-state index contributed by atoms with van der Waals surface area (Å²) in [5.74, 6) is -1.93. The second-order valence-corrected chi connectivity index (χ2v) is 4.83. The fourth-order valence-electron chi connectivity index (χ4n) is 2.29. The van der Waals surface area contributed by atoms with Crippen molar-refractivity contribution < 1.29 is 14.4 Å². The normalized spacial score (nSPS) is 13.7. The zero-order valence-electron chi connectivity index (χ0n) is 11.5. The molecule has 0 saturated heterocycles. The predicted octanol–water partition coefficient (Wildman–Crippen LogP) is 1.99. The van der Waals surface area contributed by atoms with Crippen molar-refractivity contribution in [1.29, 1.82) is 0 Å². The fraction of sp³-hybridized carbons (Fsp3) is 0. The lowest BCUT2D eigenvalue weighted by atomic mass is 10.1. The van der Waals surface area contributed by atoms with Crippen LogP contribution in [0.4, 0.5) is 5.69 Å². The van der Waals surface area contributed by atoms with Gasteiger partial charge in [0.1, 0.15) is 0 Å². The lowest BCUT2D eigenvalue weighted by Gasteiger charge is -2.10. The molecule has 22 heavy (non-hydrogen) atoms. The summed E-state index contributed by atoms with van der Waals surface area (Å²) in [6, 6.07) is 13.8. The Labute approximate surface area is 126 Å². The van der Waals surface area contributed by atoms with Crippen LogP contribution in [0.3, 0.4) is 0 Å². The smallest absolute Gasteiger partial charge is 0.303 e. The van der Waals surface area contributed by atoms with E-state index >= 15 is 0 Å². The Morgan fingerprint density at radius 1 is 1.05 bits per heavy atom. The van der Waals surface area contributed by atoms with Crippen molar-refractivity contribution in [1.82, 2.24) is 0 Å². The van der Waals surface area contributed by atoms with Gasteiger partial charge in [0, 0.05) is 11.8 Å². The molecular weight excluding hydrogens is 280 g/mol. The van der Waals surface area contributed by atoms with Crippen LogP contribution in [-0.4, -0.2) is 17.6 Å². The van der Waals surface area contributed by atoms with Crippen LogP contribution in [0, 0.1) is 0 Å². The molecule has 108 valence electrons. The summed E-state index contributed by atoms with van der Waals surface area (Å²) in [7, 11) is 0. The van der Waals surface area contributed by atoms with Crippen molar-refractivity contribution >= 4 is 29.4 Å². The Kier molecular flexibility index (Phi) is 3.31. The van der Waals surface area contributed by atoms with Gasteiger partial charge in [-0.05, 0) is 29.8 Å². The van der Waals surface area contributed by atoms with Crippen LogP contribution in [0.2, 0.25) is 0 Å². The number of nitrogens with zero attached hydrogens (tertiary/aromatic N) is 1. The van der Waals surface area contributed by atoms with Crippen LogP contribution in [-0.2, 0) is 4.79 Å². The Bertz CT molecular complexity index is 810. The summed E-state index contributed by atoms with van der Waals surface area (Å²) < 4.78 is 0. The molecule has 0 saturated carbocycles. The number of Topliss-reactive ketones (excluding diaryl/α,β-unsaturated/α-hetero) is 1. The van der Waals surface area contributed by atoms with Crippen molar-refractivity contribution in [2.24, 2.45) is 5.73 Å². The monoisotopic (exact) mass is 292 g/mol. The van der Waals surface area contributed by atoms with E-state index in [9.17, 15) is 14.4 Å². The number of benzene rings is 2. The van der Waals surface area contributed by atoms with Crippen LogP contribution >= 0.6 is 0 Å². The third-order valence-electron chi connectivity index (χ3n) is 3.41. The largest absolute Gasteiger partial charge is 0.366 e. The van der Waals surface area contributed by atoms with Crippen LogP contribution in [0.15, 0.2) is 54.7 Å². The summed E-state index contributed by atoms with van der Waals surface area (Å²) in [5.41, 5.74) is 6.95. The minimum Gasteiger partial charge on any atom is -0.366 e. The molecule has 3 rings (SSSR count). The molecule has 0 aromatic heterocycles. The number of carbonyl (C=O) groups is 3. The van der Waals surface area contributed by atoms with E-state index in [1.807, 2.05) is 30.3 Å². The SMILES string of the molecule is NC(=O)c1ccc2c(c1)C(=O)C(=O)N2/C=C/c1ccccc1. The van der Waals surface area contributed by atoms with E-state index in [4.69, 9.17) is 5.73 Å². The number of amides is 2. The number of hydrogen-bond donors (Lipinski definition) is 1. The van der Waals surface area contributed by atoms with Gasteiger partial charge < -0.3 is 5.73 Å². The van der Waals surface area contributed by atoms with Gasteiger partial charge in [0.05, 0.1) is 11.3 Å². The molecule has 0 atom stereocenters. The minimum atomic E-state index is -0.649. The zero-order valence-corrected chi connectivity index (χ0v) is 11.5. The average molecular weight is 292 g/mol. The van der Waals surface area contributed by atoms with Crippen LogP contribution in [0.25, 0.3) is 6.08 Å². The van der Waals surface area contributed by atoms with Gasteiger partial charge in [0.15, 0.2) is 0 Å². The van der Waals surface area contributed by atoms with Crippen molar-refractivity contribution in [2.75, 3.05) is 4.90 Å². The molecule has 0 bridgehead atoms. The van der Waals surface area contributed by atoms with E-state index in [2.05, 4.69) is 0 Å². The molecule has 5 nitrogen and oxygen atoms in total. The summed E-state index contributed by atoms with van der Waals surface area (Å²) >= 11 is 0. The first-order valence-electron chi connectivity index (χ1n) is 6.63. The van der Waals surface area contributed by atoms with Gasteiger partial charge in [0.2, 0.25) is 5.91 Å². The topological polar surface area (TPSA) is 80.5 Å². The predicted molar refractivity (Wildman–Crippen MR) is 82.3 cm³/mol. The van der Waals surface area contributed by atoms with E-state index in [0.717, 1.165) is 5.56 Å². The summed E-state index contributed by atoms with van der Waals surface area (Å²) in [5, 5.41) is 0. The highest BCUT2D eigenvalue weighted by Crippen LogP contribution is 2.30. The van der Waals surface area contributed by atoms with Gasteiger partial charge in [-0.2, -0.15) is 0 Å². The molecule has 0 radical (unpaired) electrons. The minimum absolute atomic E-state index is 0.194. The first kappa shape index (κ1) is 13.8. The Balaban J connectivity index is 1.98. The molecule has 5 heteroatoms. The van der Waals surface area contributed by atoms with E-state index in [-0.39, 0.29) is 11.1 Å². The molecule has 0 spiro atoms. The Morgan fingerprint density at radius 2 is 1.77 bits per heavy atom. The van der Waals surface area contributed by atoms with E-state index in [0.29, 0.717) is 5.69 Å². The zero-order chi connectivity index (χ0) is 15.7. The van der Waals surface area contributed by atoms with Gasteiger partial charge in [-0.1, -0.05) is 30.3 Å². The third-order valence-corrected chi connectivity index (χ3v) is 3.41. The summed E-state index contributed by atoms with van der Waals surface area (Å²) in [6.45, 7) is 0. The second-order valence-electron chi connectivity index (χ2n) is 4.83. The van der Waals surface area contributed by atoms with Crippen molar-refractivity contribution in [3.63, 3.8) is 0 Å². The molecule has 0 unspecified atom stereocenters. The summed E-state index contributed by atoms with van der Waals surface area (Å²) in [6.07, 6.45) is 3.29. The molecule has 0 fully saturated rings. The molecule has 2 amide bonds. The first-order valence-corrected chi connectivity index (χ1v) is 6.63. The number of primary amides is 1. The number of nitrogens with two attached hydrogens (primary N) is 1. The van der Waals surface area contributed by atoms with Gasteiger partial charge in [-0.25, -0.2) is 0 Å². The van der Waals surface area contributed by atoms with Crippen molar-refractivity contribution in [3.8, 4) is 0 Å². The number of rotatable bonds is 3. The molecule has 2 aromatic rings. The highest BCUT2D eigenvalue weighted by atomic mass is 16.2. The maximum absolute atomic E-state index is 12.1. The standard InChI is InChI=1S/C17H12N2O3/c18-16(21)12-6-7-14-13(10-12)15(20)17(22)19(14)9-8-11-4-2-1-3-5-11/h1-10H,(H2,18,21)/b9-8+. The maximum atomic E-state index is 12.1. The van der Waals surface area contributed by atoms with Crippen LogP contribution < -0.4 is 10.6 Å². The lowest BCUT2D eigenvalue weighted by molar-refractivity contribution is -0.113. The van der Waals surface area contributed by atoms with Crippen molar-refractivity contribution in [3.05, 3.63) is 71.4 Å². The van der Waals surface area contributed by atoms with E-state index in [1.54, 1.807) is 18.3 Å². The molecule has 2 N–H and O–H groups in total. The van der Waals surface area contributed by atoms with E-state index < -0.39 is 17.6 Å². The molecule has 1 heterocycles. The maximum Gasteiger partial charge on any atom is 0.303 e. The van der Waals surface area contributed by atoms with Crippen molar-refractivity contribution in [2.45, 2.75) is 0 Å². The van der Waals surface area contributed by atoms with Gasteiger partial charge in [-0.3, -0.25) is 19.3 Å². The molecular formula is C17H12N2O3.